The topological polar surface area (TPSA) is 108 Å². The van der Waals surface area contributed by atoms with Gasteiger partial charge in [-0.25, -0.2) is 4.57 Å². The molecule has 0 aromatic rings. The Morgan fingerprint density at radius 3 is 1.67 bits per heavy atom. The Morgan fingerprint density at radius 2 is 1.11 bits per heavy atom. The van der Waals surface area contributed by atoms with Gasteiger partial charge in [0.05, 0.1) is 13.2 Å². The van der Waals surface area contributed by atoms with Gasteiger partial charge >= 0.3 is 19.8 Å². The summed E-state index contributed by atoms with van der Waals surface area (Å²) in [6.07, 6.45) is 34.8. The zero-order valence-electron chi connectivity index (χ0n) is 29.5. The molecule has 0 aliphatic rings. The van der Waals surface area contributed by atoms with E-state index in [0.717, 1.165) is 57.8 Å². The average molecular weight is 671 g/mol. The Labute approximate surface area is 281 Å². The zero-order chi connectivity index (χ0) is 34.0. The first-order valence-electron chi connectivity index (χ1n) is 18.3. The highest BCUT2D eigenvalue weighted by Crippen LogP contribution is 2.43. The van der Waals surface area contributed by atoms with Crippen LogP contribution in [0.15, 0.2) is 36.5 Å². The van der Waals surface area contributed by atoms with E-state index in [0.29, 0.717) is 6.42 Å². The van der Waals surface area contributed by atoms with Gasteiger partial charge in [-0.2, -0.15) is 0 Å². The Hall–Kier alpha value is -1.73. The van der Waals surface area contributed by atoms with Crippen LogP contribution in [0.1, 0.15) is 162 Å². The number of esters is 2. The van der Waals surface area contributed by atoms with Crippen molar-refractivity contribution in [3.63, 3.8) is 0 Å². The molecule has 2 unspecified atom stereocenters. The summed E-state index contributed by atoms with van der Waals surface area (Å²) in [7, 11) is -4.28. The summed E-state index contributed by atoms with van der Waals surface area (Å²) in [4.78, 5) is 34.5. The highest BCUT2D eigenvalue weighted by Gasteiger charge is 2.25. The van der Waals surface area contributed by atoms with Crippen molar-refractivity contribution in [3.8, 4) is 0 Å². The number of phosphoric ester groups is 1. The molecular formula is C37H67O8P. The van der Waals surface area contributed by atoms with Crippen LogP contribution in [0.25, 0.3) is 0 Å². The quantitative estimate of drug-likeness (QED) is 0.0318. The number of phosphoric acid groups is 1. The molecule has 0 saturated carbocycles. The molecule has 9 heteroatoms. The fourth-order valence-corrected chi connectivity index (χ4v) is 5.57. The molecule has 1 N–H and O–H groups in total. The SMILES string of the molecule is CC/C=C\C/C=C\C/C=C\CCCCCC(=O)OC(COC(=O)CCCCCCCCCCCCCCC)COP(=O)(O)OCC. The number of allylic oxidation sites excluding steroid dienone is 6. The van der Waals surface area contributed by atoms with Crippen LogP contribution in [0.4, 0.5) is 0 Å². The molecule has 8 nitrogen and oxygen atoms in total. The molecule has 0 fully saturated rings. The van der Waals surface area contributed by atoms with Crippen LogP contribution < -0.4 is 0 Å². The molecule has 0 aliphatic heterocycles. The predicted octanol–water partition coefficient (Wildman–Crippen LogP) is 10.9. The number of ether oxygens (including phenoxy) is 2. The van der Waals surface area contributed by atoms with Crippen LogP contribution in [0, 0.1) is 0 Å². The third-order valence-electron chi connectivity index (χ3n) is 7.46. The Bertz CT molecular complexity index is 854. The van der Waals surface area contributed by atoms with Gasteiger partial charge in [0.2, 0.25) is 0 Å². The molecule has 46 heavy (non-hydrogen) atoms. The van der Waals surface area contributed by atoms with Gasteiger partial charge in [-0.15, -0.1) is 0 Å². The lowest BCUT2D eigenvalue weighted by molar-refractivity contribution is -0.161. The fraction of sp³-hybridized carbons (Fsp3) is 0.784. The number of unbranched alkanes of at least 4 members (excludes halogenated alkanes) is 15. The molecular weight excluding hydrogens is 603 g/mol. The van der Waals surface area contributed by atoms with E-state index in [4.69, 9.17) is 18.5 Å². The highest BCUT2D eigenvalue weighted by molar-refractivity contribution is 7.47. The summed E-state index contributed by atoms with van der Waals surface area (Å²) in [5.74, 6) is -0.832. The lowest BCUT2D eigenvalue weighted by atomic mass is 10.0. The molecule has 0 aromatic carbocycles. The highest BCUT2D eigenvalue weighted by atomic mass is 31.2. The van der Waals surface area contributed by atoms with E-state index in [1.807, 2.05) is 0 Å². The Balaban J connectivity index is 4.22. The summed E-state index contributed by atoms with van der Waals surface area (Å²) >= 11 is 0. The molecule has 0 rings (SSSR count). The van der Waals surface area contributed by atoms with Crippen molar-refractivity contribution in [2.24, 2.45) is 0 Å². The maximum Gasteiger partial charge on any atom is 0.472 e. The second-order valence-electron chi connectivity index (χ2n) is 11.9. The van der Waals surface area contributed by atoms with Crippen molar-refractivity contribution in [1.82, 2.24) is 0 Å². The summed E-state index contributed by atoms with van der Waals surface area (Å²) in [6, 6.07) is 0. The third kappa shape index (κ3) is 32.2. The van der Waals surface area contributed by atoms with Gasteiger partial charge in [0.1, 0.15) is 6.61 Å². The van der Waals surface area contributed by atoms with Crippen LogP contribution in [0.2, 0.25) is 0 Å². The monoisotopic (exact) mass is 670 g/mol. The Kier molecular flexibility index (Phi) is 31.9. The number of carbonyl (C=O) groups is 2. The maximum atomic E-state index is 12.5. The molecule has 0 radical (unpaired) electrons. The van der Waals surface area contributed by atoms with E-state index < -0.39 is 26.5 Å². The minimum Gasteiger partial charge on any atom is -0.462 e. The first-order valence-corrected chi connectivity index (χ1v) is 19.8. The smallest absolute Gasteiger partial charge is 0.462 e. The van der Waals surface area contributed by atoms with Crippen LogP contribution in [0.5, 0.6) is 0 Å². The molecule has 0 amide bonds. The van der Waals surface area contributed by atoms with Crippen molar-refractivity contribution in [1.29, 1.82) is 0 Å². The summed E-state index contributed by atoms with van der Waals surface area (Å²) in [6.45, 7) is 5.30. The van der Waals surface area contributed by atoms with Crippen LogP contribution in [-0.4, -0.2) is 42.8 Å². The number of hydrogen-bond donors (Lipinski definition) is 1. The van der Waals surface area contributed by atoms with Gasteiger partial charge in [-0.05, 0) is 51.9 Å². The van der Waals surface area contributed by atoms with E-state index in [1.165, 1.54) is 64.2 Å². The number of rotatable bonds is 33. The van der Waals surface area contributed by atoms with Crippen molar-refractivity contribution in [3.05, 3.63) is 36.5 Å². The third-order valence-corrected chi connectivity index (χ3v) is 8.52. The van der Waals surface area contributed by atoms with E-state index >= 15 is 0 Å². The standard InChI is InChI=1S/C37H67O8P/c1-4-7-9-11-13-15-17-19-21-23-25-27-29-31-36(38)42-33-35(34-44-46(40,41)43-6-3)45-37(39)32-30-28-26-24-22-20-18-16-14-12-10-8-5-2/h8,10,14,16,20,22,35H,4-7,9,11-13,15,17-19,21,23-34H2,1-3H3,(H,40,41)/b10-8-,16-14-,22-20-. The largest absolute Gasteiger partial charge is 0.472 e. The second-order valence-corrected chi connectivity index (χ2v) is 13.3. The minimum atomic E-state index is -4.28. The molecule has 268 valence electrons. The lowest BCUT2D eigenvalue weighted by Crippen LogP contribution is -2.29. The Morgan fingerprint density at radius 1 is 0.609 bits per heavy atom. The van der Waals surface area contributed by atoms with E-state index in [2.05, 4.69) is 50.3 Å². The van der Waals surface area contributed by atoms with Gasteiger partial charge in [-0.3, -0.25) is 18.6 Å². The molecule has 0 saturated heterocycles. The van der Waals surface area contributed by atoms with Crippen LogP contribution in [-0.2, 0) is 32.7 Å². The van der Waals surface area contributed by atoms with Gasteiger partial charge in [0.15, 0.2) is 6.10 Å². The lowest BCUT2D eigenvalue weighted by Gasteiger charge is -2.19. The van der Waals surface area contributed by atoms with Gasteiger partial charge in [-0.1, -0.05) is 134 Å². The zero-order valence-corrected chi connectivity index (χ0v) is 30.4. The normalized spacial score (nSPS) is 13.9. The van der Waals surface area contributed by atoms with E-state index in [1.54, 1.807) is 6.92 Å². The first-order chi connectivity index (χ1) is 22.3. The van der Waals surface area contributed by atoms with E-state index in [9.17, 15) is 19.0 Å². The summed E-state index contributed by atoms with van der Waals surface area (Å²) < 4.78 is 32.4. The van der Waals surface area contributed by atoms with Crippen molar-refractivity contribution >= 4 is 19.8 Å². The number of carbonyl (C=O) groups excluding carboxylic acids is 2. The molecule has 0 aliphatic carbocycles. The van der Waals surface area contributed by atoms with Crippen LogP contribution >= 0.6 is 7.82 Å². The predicted molar refractivity (Wildman–Crippen MR) is 189 cm³/mol. The van der Waals surface area contributed by atoms with Crippen LogP contribution in [0.3, 0.4) is 0 Å². The molecule has 0 aromatic heterocycles. The molecule has 0 spiro atoms. The number of hydrogen-bond acceptors (Lipinski definition) is 7. The van der Waals surface area contributed by atoms with Gasteiger partial charge in [0, 0.05) is 12.8 Å². The molecule has 0 heterocycles. The summed E-state index contributed by atoms with van der Waals surface area (Å²) in [5, 5.41) is 0. The van der Waals surface area contributed by atoms with Crippen molar-refractivity contribution in [2.45, 2.75) is 168 Å². The van der Waals surface area contributed by atoms with Crippen molar-refractivity contribution < 1.29 is 37.6 Å². The fourth-order valence-electron chi connectivity index (χ4n) is 4.82. The van der Waals surface area contributed by atoms with Gasteiger partial charge in [0.25, 0.3) is 0 Å². The summed E-state index contributed by atoms with van der Waals surface area (Å²) in [5.41, 5.74) is 0. The molecule has 2 atom stereocenters. The van der Waals surface area contributed by atoms with E-state index in [-0.39, 0.29) is 32.0 Å². The van der Waals surface area contributed by atoms with Crippen molar-refractivity contribution in [2.75, 3.05) is 19.8 Å². The average Bonchev–Trinajstić information content (AvgIpc) is 3.03. The van der Waals surface area contributed by atoms with Gasteiger partial charge < -0.3 is 14.4 Å². The minimum absolute atomic E-state index is 0.00508. The maximum absolute atomic E-state index is 12.5. The first kappa shape index (κ1) is 44.3. The second kappa shape index (κ2) is 33.2. The molecule has 0 bridgehead atoms.